The zero-order valence-electron chi connectivity index (χ0n) is 14.9. The quantitative estimate of drug-likeness (QED) is 0.868. The van der Waals surface area contributed by atoms with Gasteiger partial charge in [0.25, 0.3) is 5.91 Å². The van der Waals surface area contributed by atoms with E-state index in [1.165, 1.54) is 32.1 Å². The summed E-state index contributed by atoms with van der Waals surface area (Å²) in [6.07, 6.45) is 7.78. The van der Waals surface area contributed by atoms with E-state index in [2.05, 4.69) is 32.7 Å². The third kappa shape index (κ3) is 4.45. The van der Waals surface area contributed by atoms with Crippen molar-refractivity contribution in [1.29, 1.82) is 0 Å². The molecule has 0 aromatic heterocycles. The van der Waals surface area contributed by atoms with Gasteiger partial charge in [-0.25, -0.2) is 0 Å². The molecule has 1 atom stereocenters. The molecule has 0 radical (unpaired) electrons. The second-order valence-electron chi connectivity index (χ2n) is 8.63. The van der Waals surface area contributed by atoms with Crippen LogP contribution in [0.1, 0.15) is 65.7 Å². The molecule has 2 rings (SSSR count). The summed E-state index contributed by atoms with van der Waals surface area (Å²) in [6, 6.07) is 0.531. The topological polar surface area (TPSA) is 43.8 Å². The second-order valence-corrected chi connectivity index (χ2v) is 8.63. The standard InChI is InChI=1S/C18H34N2O2/c1-17(2,3)13-20-12-8-11-18(22,16(20)21)14-19(4)15-9-6-5-7-10-15/h15,22H,5-14H2,1-4H3/t18-/m0/s1. The van der Waals surface area contributed by atoms with Gasteiger partial charge >= 0.3 is 0 Å². The molecule has 1 aliphatic heterocycles. The fourth-order valence-electron chi connectivity index (χ4n) is 4.00. The van der Waals surface area contributed by atoms with Gasteiger partial charge in [-0.15, -0.1) is 0 Å². The normalized spacial score (nSPS) is 28.5. The minimum atomic E-state index is -1.18. The van der Waals surface area contributed by atoms with Crippen LogP contribution in [0, 0.1) is 5.41 Å². The summed E-state index contributed by atoms with van der Waals surface area (Å²) in [5.41, 5.74) is -1.11. The summed E-state index contributed by atoms with van der Waals surface area (Å²) in [5.74, 6) is -0.0589. The maximum absolute atomic E-state index is 12.8. The molecule has 0 aromatic carbocycles. The highest BCUT2D eigenvalue weighted by molar-refractivity contribution is 5.86. The van der Waals surface area contributed by atoms with Crippen LogP contribution < -0.4 is 0 Å². The Hall–Kier alpha value is -0.610. The number of piperidine rings is 1. The molecule has 0 aromatic rings. The predicted molar refractivity (Wildman–Crippen MR) is 89.7 cm³/mol. The first-order valence-electron chi connectivity index (χ1n) is 8.93. The average molecular weight is 310 g/mol. The van der Waals surface area contributed by atoms with Crippen molar-refractivity contribution in [3.05, 3.63) is 0 Å². The lowest BCUT2D eigenvalue weighted by Gasteiger charge is -2.43. The Morgan fingerprint density at radius 1 is 1.23 bits per heavy atom. The number of carbonyl (C=O) groups excluding carboxylic acids is 1. The maximum Gasteiger partial charge on any atom is 0.255 e. The lowest BCUT2D eigenvalue weighted by atomic mass is 9.87. The van der Waals surface area contributed by atoms with Gasteiger partial charge in [0.1, 0.15) is 0 Å². The van der Waals surface area contributed by atoms with E-state index in [9.17, 15) is 9.90 Å². The number of hydrogen-bond donors (Lipinski definition) is 1. The van der Waals surface area contributed by atoms with Gasteiger partial charge in [0.05, 0.1) is 0 Å². The molecule has 0 spiro atoms. The third-order valence-electron chi connectivity index (χ3n) is 5.08. The zero-order chi connectivity index (χ0) is 16.4. The number of likely N-dealkylation sites (tertiary alicyclic amines) is 1. The summed E-state index contributed by atoms with van der Waals surface area (Å²) in [5, 5.41) is 11.0. The number of carbonyl (C=O) groups is 1. The molecule has 1 saturated heterocycles. The van der Waals surface area contributed by atoms with Crippen LogP contribution in [0.25, 0.3) is 0 Å². The van der Waals surface area contributed by atoms with Gasteiger partial charge in [-0.2, -0.15) is 0 Å². The van der Waals surface area contributed by atoms with E-state index in [-0.39, 0.29) is 11.3 Å². The molecular weight excluding hydrogens is 276 g/mol. The molecule has 0 bridgehead atoms. The van der Waals surface area contributed by atoms with E-state index < -0.39 is 5.60 Å². The summed E-state index contributed by atoms with van der Waals surface area (Å²) in [4.78, 5) is 16.9. The molecule has 4 nitrogen and oxygen atoms in total. The number of rotatable bonds is 4. The van der Waals surface area contributed by atoms with Gasteiger partial charge in [-0.1, -0.05) is 40.0 Å². The fraction of sp³-hybridized carbons (Fsp3) is 0.944. The highest BCUT2D eigenvalue weighted by atomic mass is 16.3. The Kier molecular flexibility index (Phi) is 5.54. The van der Waals surface area contributed by atoms with Crippen molar-refractivity contribution >= 4 is 5.91 Å². The first kappa shape index (κ1) is 17.7. The fourth-order valence-corrected chi connectivity index (χ4v) is 4.00. The summed E-state index contributed by atoms with van der Waals surface area (Å²) < 4.78 is 0. The van der Waals surface area contributed by atoms with Crippen molar-refractivity contribution in [3.63, 3.8) is 0 Å². The van der Waals surface area contributed by atoms with Gasteiger partial charge in [-0.05, 0) is 38.1 Å². The van der Waals surface area contributed by atoms with E-state index in [1.54, 1.807) is 0 Å². The number of hydrogen-bond acceptors (Lipinski definition) is 3. The van der Waals surface area contributed by atoms with Crippen molar-refractivity contribution in [3.8, 4) is 0 Å². The molecule has 0 unspecified atom stereocenters. The molecule has 1 amide bonds. The SMILES string of the molecule is CN(C[C@@]1(O)CCCN(CC(C)(C)C)C1=O)C1CCCCC1. The number of nitrogens with zero attached hydrogens (tertiary/aromatic N) is 2. The van der Waals surface area contributed by atoms with Gasteiger partial charge < -0.3 is 14.9 Å². The van der Waals surface area contributed by atoms with E-state index in [4.69, 9.17) is 0 Å². The Morgan fingerprint density at radius 3 is 2.45 bits per heavy atom. The molecule has 2 fully saturated rings. The molecule has 1 saturated carbocycles. The minimum absolute atomic E-state index is 0.0589. The largest absolute Gasteiger partial charge is 0.379 e. The van der Waals surface area contributed by atoms with E-state index >= 15 is 0 Å². The molecule has 22 heavy (non-hydrogen) atoms. The third-order valence-corrected chi connectivity index (χ3v) is 5.08. The zero-order valence-corrected chi connectivity index (χ0v) is 14.9. The number of aliphatic hydroxyl groups is 1. The molecule has 1 aliphatic carbocycles. The van der Waals surface area contributed by atoms with E-state index in [0.717, 1.165) is 19.5 Å². The monoisotopic (exact) mass is 310 g/mol. The highest BCUT2D eigenvalue weighted by Gasteiger charge is 2.44. The minimum Gasteiger partial charge on any atom is -0.379 e. The Labute approximate surface area is 135 Å². The van der Waals surface area contributed by atoms with Gasteiger partial charge in [-0.3, -0.25) is 4.79 Å². The van der Waals surface area contributed by atoms with Crippen molar-refractivity contribution in [2.45, 2.75) is 77.4 Å². The van der Waals surface area contributed by atoms with Crippen LogP contribution in [-0.4, -0.2) is 59.1 Å². The first-order chi connectivity index (χ1) is 10.2. The maximum atomic E-state index is 12.8. The number of likely N-dealkylation sites (N-methyl/N-ethyl adjacent to an activating group) is 1. The lowest BCUT2D eigenvalue weighted by Crippen LogP contribution is -2.60. The smallest absolute Gasteiger partial charge is 0.255 e. The van der Waals surface area contributed by atoms with Crippen LogP contribution in [0.15, 0.2) is 0 Å². The van der Waals surface area contributed by atoms with Gasteiger partial charge in [0.2, 0.25) is 0 Å². The molecule has 2 aliphatic rings. The van der Waals surface area contributed by atoms with Crippen molar-refractivity contribution in [1.82, 2.24) is 9.80 Å². The van der Waals surface area contributed by atoms with Crippen LogP contribution in [0.2, 0.25) is 0 Å². The Morgan fingerprint density at radius 2 is 1.86 bits per heavy atom. The molecular formula is C18H34N2O2. The summed E-state index contributed by atoms with van der Waals surface area (Å²) >= 11 is 0. The average Bonchev–Trinajstić information content (AvgIpc) is 2.44. The van der Waals surface area contributed by atoms with Crippen molar-refractivity contribution < 1.29 is 9.90 Å². The van der Waals surface area contributed by atoms with Crippen LogP contribution >= 0.6 is 0 Å². The van der Waals surface area contributed by atoms with E-state index in [1.807, 2.05) is 4.90 Å². The van der Waals surface area contributed by atoms with Crippen molar-refractivity contribution in [2.75, 3.05) is 26.7 Å². The predicted octanol–water partition coefficient (Wildman–Crippen LogP) is 2.65. The van der Waals surface area contributed by atoms with Gasteiger partial charge in [0, 0.05) is 25.7 Å². The molecule has 4 heteroatoms. The van der Waals surface area contributed by atoms with Crippen LogP contribution in [0.3, 0.4) is 0 Å². The Balaban J connectivity index is 1.99. The van der Waals surface area contributed by atoms with Crippen molar-refractivity contribution in [2.24, 2.45) is 5.41 Å². The highest BCUT2D eigenvalue weighted by Crippen LogP contribution is 2.29. The van der Waals surface area contributed by atoms with Crippen LogP contribution in [-0.2, 0) is 4.79 Å². The lowest BCUT2D eigenvalue weighted by molar-refractivity contribution is -0.161. The number of amides is 1. The van der Waals surface area contributed by atoms with Crippen LogP contribution in [0.5, 0.6) is 0 Å². The summed E-state index contributed by atoms with van der Waals surface area (Å²) in [6.45, 7) is 8.41. The van der Waals surface area contributed by atoms with E-state index in [0.29, 0.717) is 19.0 Å². The summed E-state index contributed by atoms with van der Waals surface area (Å²) in [7, 11) is 2.07. The first-order valence-corrected chi connectivity index (χ1v) is 8.93. The van der Waals surface area contributed by atoms with Gasteiger partial charge in [0.15, 0.2) is 5.60 Å². The molecule has 128 valence electrons. The second kappa shape index (κ2) is 6.88. The molecule has 1 heterocycles. The molecule has 1 N–H and O–H groups in total. The Bertz CT molecular complexity index is 385. The van der Waals surface area contributed by atoms with Crippen LogP contribution in [0.4, 0.5) is 0 Å².